The Balaban J connectivity index is 1.46. The van der Waals surface area contributed by atoms with E-state index in [4.69, 9.17) is 16.3 Å². The van der Waals surface area contributed by atoms with E-state index in [0.29, 0.717) is 22.2 Å². The van der Waals surface area contributed by atoms with Gasteiger partial charge in [-0.1, -0.05) is 48.0 Å². The predicted octanol–water partition coefficient (Wildman–Crippen LogP) is 2.92. The number of H-pyrrole nitrogens is 1. The van der Waals surface area contributed by atoms with Crippen molar-refractivity contribution >= 4 is 23.8 Å². The van der Waals surface area contributed by atoms with E-state index in [-0.39, 0.29) is 12.2 Å². The van der Waals surface area contributed by atoms with Crippen LogP contribution in [0.4, 0.5) is 0 Å². The van der Waals surface area contributed by atoms with E-state index in [2.05, 4.69) is 9.98 Å². The van der Waals surface area contributed by atoms with E-state index in [0.717, 1.165) is 20.7 Å². The molecule has 1 aromatic heterocycles. The topological polar surface area (TPSA) is 96.7 Å². The van der Waals surface area contributed by atoms with Crippen molar-refractivity contribution in [3.63, 3.8) is 0 Å². The quantitative estimate of drug-likeness (QED) is 0.467. The number of hydrogen-bond acceptors (Lipinski definition) is 5. The highest BCUT2D eigenvalue weighted by atomic mass is 35.5. The van der Waals surface area contributed by atoms with Crippen LogP contribution in [0.3, 0.4) is 0 Å². The molecule has 0 unspecified atom stereocenters. The summed E-state index contributed by atoms with van der Waals surface area (Å²) in [5.74, 6) is 0.0747. The molecule has 0 atom stereocenters. The smallest absolute Gasteiger partial charge is 0.335 e. The summed E-state index contributed by atoms with van der Waals surface area (Å²) in [4.78, 5) is 31.7. The second-order valence-electron chi connectivity index (χ2n) is 7.59. The summed E-state index contributed by atoms with van der Waals surface area (Å²) in [5.41, 5.74) is 0.170. The Morgan fingerprint density at radius 3 is 2.50 bits per heavy atom. The molecule has 0 fully saturated rings. The first-order chi connectivity index (χ1) is 16.5. The molecule has 4 aromatic rings. The van der Waals surface area contributed by atoms with Gasteiger partial charge in [0.2, 0.25) is 5.88 Å². The SMILES string of the molecule is O=c1[nH]c(=O)n(-c2ccc(OCc3ccccc3Cl)cc2)c(O)c1/C=C1/C=c2ccccc2=N1. The van der Waals surface area contributed by atoms with Crippen molar-refractivity contribution in [1.82, 2.24) is 9.55 Å². The molecule has 8 heteroatoms. The molecule has 5 rings (SSSR count). The molecular formula is C26H18ClN3O4. The highest BCUT2D eigenvalue weighted by Gasteiger charge is 2.15. The van der Waals surface area contributed by atoms with Crippen molar-refractivity contribution in [1.29, 1.82) is 0 Å². The number of aromatic hydroxyl groups is 1. The number of allylic oxidation sites excluding steroid dienone is 1. The molecule has 2 N–H and O–H groups in total. The summed E-state index contributed by atoms with van der Waals surface area (Å²) in [6.07, 6.45) is 3.25. The van der Waals surface area contributed by atoms with Crippen LogP contribution in [0.1, 0.15) is 11.1 Å². The summed E-state index contributed by atoms with van der Waals surface area (Å²) in [5, 5.41) is 13.1. The van der Waals surface area contributed by atoms with Gasteiger partial charge in [-0.25, -0.2) is 14.4 Å². The van der Waals surface area contributed by atoms with Gasteiger partial charge in [0, 0.05) is 15.8 Å². The van der Waals surface area contributed by atoms with Crippen LogP contribution in [0.15, 0.2) is 93.1 Å². The second kappa shape index (κ2) is 8.88. The van der Waals surface area contributed by atoms with Crippen LogP contribution in [-0.2, 0) is 6.61 Å². The molecule has 0 amide bonds. The zero-order valence-electron chi connectivity index (χ0n) is 17.7. The fourth-order valence-corrected chi connectivity index (χ4v) is 3.83. The minimum Gasteiger partial charge on any atom is -0.494 e. The minimum atomic E-state index is -0.759. The molecule has 1 aliphatic rings. The average molecular weight is 472 g/mol. The molecule has 3 aromatic carbocycles. The second-order valence-corrected chi connectivity index (χ2v) is 8.00. The number of para-hydroxylation sites is 1. The average Bonchev–Trinajstić information content (AvgIpc) is 3.25. The first kappa shape index (κ1) is 21.5. The van der Waals surface area contributed by atoms with Crippen molar-refractivity contribution in [2.45, 2.75) is 6.61 Å². The maximum absolute atomic E-state index is 12.5. The molecule has 7 nitrogen and oxygen atoms in total. The number of nitrogens with zero attached hydrogens (tertiary/aromatic N) is 2. The lowest BCUT2D eigenvalue weighted by Gasteiger charge is -2.12. The van der Waals surface area contributed by atoms with E-state index in [9.17, 15) is 14.7 Å². The van der Waals surface area contributed by atoms with Gasteiger partial charge < -0.3 is 9.84 Å². The number of benzene rings is 3. The Kier molecular flexibility index (Phi) is 5.61. The first-order valence-electron chi connectivity index (χ1n) is 10.4. The molecule has 0 aliphatic carbocycles. The molecule has 1 aliphatic heterocycles. The third-order valence-corrected chi connectivity index (χ3v) is 5.72. The highest BCUT2D eigenvalue weighted by Crippen LogP contribution is 2.23. The molecule has 0 saturated heterocycles. The molecule has 168 valence electrons. The van der Waals surface area contributed by atoms with Gasteiger partial charge in [0.15, 0.2) is 0 Å². The van der Waals surface area contributed by atoms with Crippen LogP contribution in [-0.4, -0.2) is 14.7 Å². The predicted molar refractivity (Wildman–Crippen MR) is 130 cm³/mol. The summed E-state index contributed by atoms with van der Waals surface area (Å²) < 4.78 is 6.79. The van der Waals surface area contributed by atoms with Crippen LogP contribution >= 0.6 is 11.6 Å². The summed E-state index contributed by atoms with van der Waals surface area (Å²) in [7, 11) is 0. The summed E-state index contributed by atoms with van der Waals surface area (Å²) in [6, 6.07) is 21.4. The van der Waals surface area contributed by atoms with Crippen LogP contribution in [0.5, 0.6) is 11.6 Å². The van der Waals surface area contributed by atoms with E-state index in [1.807, 2.05) is 42.5 Å². The molecule has 34 heavy (non-hydrogen) atoms. The van der Waals surface area contributed by atoms with Crippen LogP contribution in [0.25, 0.3) is 17.8 Å². The van der Waals surface area contributed by atoms with Crippen molar-refractivity contribution in [3.8, 4) is 17.3 Å². The van der Waals surface area contributed by atoms with Gasteiger partial charge in [-0.15, -0.1) is 0 Å². The zero-order valence-corrected chi connectivity index (χ0v) is 18.5. The Hall–Kier alpha value is -4.36. The fourth-order valence-electron chi connectivity index (χ4n) is 3.64. The van der Waals surface area contributed by atoms with Crippen molar-refractivity contribution in [2.24, 2.45) is 4.99 Å². The van der Waals surface area contributed by atoms with E-state index in [1.54, 1.807) is 36.4 Å². The van der Waals surface area contributed by atoms with Gasteiger partial charge in [-0.2, -0.15) is 0 Å². The van der Waals surface area contributed by atoms with Crippen LogP contribution in [0, 0.1) is 0 Å². The highest BCUT2D eigenvalue weighted by molar-refractivity contribution is 6.31. The lowest BCUT2D eigenvalue weighted by molar-refractivity contribution is 0.306. The minimum absolute atomic E-state index is 0.0681. The maximum Gasteiger partial charge on any atom is 0.335 e. The Bertz CT molecular complexity index is 1630. The van der Waals surface area contributed by atoms with E-state index < -0.39 is 17.1 Å². The summed E-state index contributed by atoms with van der Waals surface area (Å²) in [6.45, 7) is 0.281. The third-order valence-electron chi connectivity index (χ3n) is 5.35. The van der Waals surface area contributed by atoms with Crippen molar-refractivity contribution in [3.05, 3.63) is 126 Å². The Morgan fingerprint density at radius 1 is 1.00 bits per heavy atom. The number of aromatic nitrogens is 2. The first-order valence-corrected chi connectivity index (χ1v) is 10.8. The van der Waals surface area contributed by atoms with Crippen molar-refractivity contribution < 1.29 is 9.84 Å². The van der Waals surface area contributed by atoms with Gasteiger partial charge in [0.1, 0.15) is 17.9 Å². The van der Waals surface area contributed by atoms with Crippen molar-refractivity contribution in [2.75, 3.05) is 0 Å². The molecule has 0 bridgehead atoms. The van der Waals surface area contributed by atoms with Gasteiger partial charge in [0.05, 0.1) is 16.7 Å². The number of rotatable bonds is 5. The Labute approximate surface area is 198 Å². The number of fused-ring (bicyclic) bond motifs is 1. The van der Waals surface area contributed by atoms with Gasteiger partial charge in [0.25, 0.3) is 5.56 Å². The lowest BCUT2D eigenvalue weighted by atomic mass is 10.2. The molecular weight excluding hydrogens is 454 g/mol. The third kappa shape index (κ3) is 4.16. The van der Waals surface area contributed by atoms with E-state index >= 15 is 0 Å². The number of aromatic amines is 1. The molecule has 2 heterocycles. The fraction of sp³-hybridized carbons (Fsp3) is 0.0385. The standard InChI is InChI=1S/C26H18ClN3O4/c27-22-7-3-1-6-17(22)15-34-20-11-9-19(10-12-20)30-25(32)21(24(31)29-26(30)33)14-18-13-16-5-2-4-8-23(16)28-18/h1-14,32H,15H2,(H,29,31,33)/b18-14-. The number of halogens is 1. The van der Waals surface area contributed by atoms with Crippen LogP contribution in [0.2, 0.25) is 5.02 Å². The monoisotopic (exact) mass is 471 g/mol. The molecule has 0 radical (unpaired) electrons. The largest absolute Gasteiger partial charge is 0.494 e. The van der Waals surface area contributed by atoms with Gasteiger partial charge >= 0.3 is 5.69 Å². The molecule has 0 saturated carbocycles. The summed E-state index contributed by atoms with van der Waals surface area (Å²) >= 11 is 6.16. The number of hydrogen-bond donors (Lipinski definition) is 2. The van der Waals surface area contributed by atoms with Gasteiger partial charge in [-0.05, 0) is 48.6 Å². The number of ether oxygens (including phenoxy) is 1. The lowest BCUT2D eigenvalue weighted by Crippen LogP contribution is -2.30. The number of nitrogens with one attached hydrogen (secondary N) is 1. The van der Waals surface area contributed by atoms with Gasteiger partial charge in [-0.3, -0.25) is 9.78 Å². The molecule has 0 spiro atoms. The Morgan fingerprint density at radius 2 is 1.74 bits per heavy atom. The van der Waals surface area contributed by atoms with E-state index in [1.165, 1.54) is 6.08 Å². The normalized spacial score (nSPS) is 13.3. The zero-order chi connectivity index (χ0) is 23.7. The maximum atomic E-state index is 12.5. The van der Waals surface area contributed by atoms with Crippen LogP contribution < -0.4 is 26.6 Å².